The maximum Gasteiger partial charge on any atom is 0.231 e. The quantitative estimate of drug-likeness (QED) is 0.888. The van der Waals surface area contributed by atoms with Gasteiger partial charge in [0.2, 0.25) is 16.9 Å². The van der Waals surface area contributed by atoms with Crippen molar-refractivity contribution in [1.82, 2.24) is 10.2 Å². The number of carbonyl (C=O) groups excluding carboxylic acids is 2. The van der Waals surface area contributed by atoms with E-state index >= 15 is 0 Å². The van der Waals surface area contributed by atoms with E-state index in [-0.39, 0.29) is 17.7 Å². The van der Waals surface area contributed by atoms with Crippen LogP contribution in [0.25, 0.3) is 0 Å². The number of para-hydroxylation sites is 1. The zero-order chi connectivity index (χ0) is 18.0. The van der Waals surface area contributed by atoms with Crippen molar-refractivity contribution >= 4 is 34.0 Å². The van der Waals surface area contributed by atoms with Crippen LogP contribution >= 0.6 is 11.3 Å². The van der Waals surface area contributed by atoms with E-state index in [1.807, 2.05) is 51.1 Å². The Morgan fingerprint density at radius 3 is 2.72 bits per heavy atom. The monoisotopic (exact) mass is 358 g/mol. The molecule has 1 aliphatic rings. The van der Waals surface area contributed by atoms with Crippen LogP contribution in [0.15, 0.2) is 30.3 Å². The maximum absolute atomic E-state index is 12.3. The zero-order valence-corrected chi connectivity index (χ0v) is 15.5. The maximum atomic E-state index is 12.3. The SMILES string of the molecule is CCC(C)(C)C(=O)Nc1nnc([C@H]2CC(=O)N(c3ccccc3)C2)s1. The third kappa shape index (κ3) is 3.71. The lowest BCUT2D eigenvalue weighted by Gasteiger charge is -2.20. The topological polar surface area (TPSA) is 75.2 Å². The molecule has 1 fully saturated rings. The number of benzene rings is 1. The first-order valence-electron chi connectivity index (χ1n) is 8.41. The van der Waals surface area contributed by atoms with Gasteiger partial charge in [-0.2, -0.15) is 0 Å². The highest BCUT2D eigenvalue weighted by Crippen LogP contribution is 2.34. The molecule has 1 aliphatic heterocycles. The van der Waals surface area contributed by atoms with E-state index in [0.717, 1.165) is 17.1 Å². The van der Waals surface area contributed by atoms with Crippen LogP contribution < -0.4 is 10.2 Å². The molecule has 2 heterocycles. The van der Waals surface area contributed by atoms with Crippen molar-refractivity contribution in [2.45, 2.75) is 39.5 Å². The Morgan fingerprint density at radius 2 is 2.04 bits per heavy atom. The first kappa shape index (κ1) is 17.5. The lowest BCUT2D eigenvalue weighted by atomic mass is 9.89. The largest absolute Gasteiger partial charge is 0.312 e. The van der Waals surface area contributed by atoms with Crippen LogP contribution in [0.4, 0.5) is 10.8 Å². The molecule has 0 radical (unpaired) electrons. The minimum atomic E-state index is -0.445. The number of aromatic nitrogens is 2. The summed E-state index contributed by atoms with van der Waals surface area (Å²) < 4.78 is 0. The summed E-state index contributed by atoms with van der Waals surface area (Å²) in [6, 6.07) is 9.63. The van der Waals surface area contributed by atoms with Gasteiger partial charge in [-0.05, 0) is 18.6 Å². The van der Waals surface area contributed by atoms with E-state index in [0.29, 0.717) is 18.1 Å². The zero-order valence-electron chi connectivity index (χ0n) is 14.7. The Bertz CT molecular complexity index is 772. The number of hydrogen-bond acceptors (Lipinski definition) is 5. The van der Waals surface area contributed by atoms with Gasteiger partial charge < -0.3 is 10.2 Å². The molecule has 0 unspecified atom stereocenters. The Labute approximate surface area is 151 Å². The smallest absolute Gasteiger partial charge is 0.231 e. The number of hydrogen-bond donors (Lipinski definition) is 1. The molecule has 1 N–H and O–H groups in total. The number of nitrogens with one attached hydrogen (secondary N) is 1. The summed E-state index contributed by atoms with van der Waals surface area (Å²) in [5.41, 5.74) is 0.456. The van der Waals surface area contributed by atoms with Crippen molar-refractivity contribution in [1.29, 1.82) is 0 Å². The Kier molecular flexibility index (Phi) is 4.85. The Morgan fingerprint density at radius 1 is 1.32 bits per heavy atom. The van der Waals surface area contributed by atoms with Crippen molar-refractivity contribution in [2.75, 3.05) is 16.8 Å². The molecule has 1 saturated heterocycles. The highest BCUT2D eigenvalue weighted by atomic mass is 32.1. The Balaban J connectivity index is 1.69. The summed E-state index contributed by atoms with van der Waals surface area (Å²) in [7, 11) is 0. The van der Waals surface area contributed by atoms with Crippen LogP contribution in [-0.4, -0.2) is 28.6 Å². The fraction of sp³-hybridized carbons (Fsp3) is 0.444. The molecule has 132 valence electrons. The number of anilines is 2. The fourth-order valence-corrected chi connectivity index (χ4v) is 3.44. The van der Waals surface area contributed by atoms with Gasteiger partial charge in [0.1, 0.15) is 5.01 Å². The summed E-state index contributed by atoms with van der Waals surface area (Å²) in [6.45, 7) is 6.37. The molecule has 7 heteroatoms. The van der Waals surface area contributed by atoms with Gasteiger partial charge in [0, 0.05) is 30.0 Å². The summed E-state index contributed by atoms with van der Waals surface area (Å²) in [5, 5.41) is 12.4. The van der Waals surface area contributed by atoms with Crippen LogP contribution in [0.1, 0.15) is 44.5 Å². The average molecular weight is 358 g/mol. The molecule has 0 bridgehead atoms. The molecule has 0 saturated carbocycles. The van der Waals surface area contributed by atoms with Crippen LogP contribution in [0.5, 0.6) is 0 Å². The van der Waals surface area contributed by atoms with Gasteiger partial charge in [-0.3, -0.25) is 9.59 Å². The average Bonchev–Trinajstić information content (AvgIpc) is 3.22. The number of rotatable bonds is 5. The molecule has 3 rings (SSSR count). The third-order valence-corrected chi connectivity index (χ3v) is 5.70. The number of amides is 2. The van der Waals surface area contributed by atoms with Crippen molar-refractivity contribution in [2.24, 2.45) is 5.41 Å². The molecular weight excluding hydrogens is 336 g/mol. The molecule has 25 heavy (non-hydrogen) atoms. The Hall–Kier alpha value is -2.28. The van der Waals surface area contributed by atoms with Gasteiger partial charge in [-0.1, -0.05) is 50.3 Å². The van der Waals surface area contributed by atoms with Gasteiger partial charge >= 0.3 is 0 Å². The van der Waals surface area contributed by atoms with Crippen molar-refractivity contribution in [3.63, 3.8) is 0 Å². The molecule has 1 aromatic heterocycles. The number of nitrogens with zero attached hydrogens (tertiary/aromatic N) is 3. The van der Waals surface area contributed by atoms with Crippen molar-refractivity contribution in [3.05, 3.63) is 35.3 Å². The third-order valence-electron chi connectivity index (χ3n) is 4.70. The summed E-state index contributed by atoms with van der Waals surface area (Å²) >= 11 is 1.35. The van der Waals surface area contributed by atoms with Gasteiger partial charge in [-0.15, -0.1) is 10.2 Å². The standard InChI is InChI=1S/C18H22N4O2S/c1-4-18(2,3)16(24)19-17-21-20-15(25-17)12-10-14(23)22(11-12)13-8-6-5-7-9-13/h5-9,12H,4,10-11H2,1-3H3,(H,19,21,24)/t12-/m0/s1. The lowest BCUT2D eigenvalue weighted by Crippen LogP contribution is -2.29. The summed E-state index contributed by atoms with van der Waals surface area (Å²) in [5.74, 6) is 0.0326. The van der Waals surface area contributed by atoms with Crippen molar-refractivity contribution in [3.8, 4) is 0 Å². The van der Waals surface area contributed by atoms with Crippen LogP contribution in [0, 0.1) is 5.41 Å². The molecule has 1 atom stereocenters. The predicted molar refractivity (Wildman–Crippen MR) is 98.8 cm³/mol. The lowest BCUT2D eigenvalue weighted by molar-refractivity contribution is -0.124. The van der Waals surface area contributed by atoms with E-state index in [1.54, 1.807) is 4.90 Å². The number of carbonyl (C=O) groups is 2. The van der Waals surface area contributed by atoms with Gasteiger partial charge in [-0.25, -0.2) is 0 Å². The predicted octanol–water partition coefficient (Wildman–Crippen LogP) is 3.43. The molecule has 6 nitrogen and oxygen atoms in total. The molecule has 0 spiro atoms. The van der Waals surface area contributed by atoms with Gasteiger partial charge in [0.05, 0.1) is 0 Å². The highest BCUT2D eigenvalue weighted by molar-refractivity contribution is 7.15. The molecule has 2 aromatic rings. The van der Waals surface area contributed by atoms with Gasteiger partial charge in [0.25, 0.3) is 0 Å². The first-order valence-corrected chi connectivity index (χ1v) is 9.22. The second kappa shape index (κ2) is 6.92. The van der Waals surface area contributed by atoms with E-state index in [4.69, 9.17) is 0 Å². The van der Waals surface area contributed by atoms with E-state index in [2.05, 4.69) is 15.5 Å². The summed E-state index contributed by atoms with van der Waals surface area (Å²) in [6.07, 6.45) is 1.16. The first-order chi connectivity index (χ1) is 11.9. The van der Waals surface area contributed by atoms with E-state index in [9.17, 15) is 9.59 Å². The normalized spacial score (nSPS) is 17.8. The van der Waals surface area contributed by atoms with Crippen LogP contribution in [-0.2, 0) is 9.59 Å². The molecular formula is C18H22N4O2S. The van der Waals surface area contributed by atoms with Crippen molar-refractivity contribution < 1.29 is 9.59 Å². The second-order valence-corrected chi connectivity index (χ2v) is 7.89. The minimum absolute atomic E-state index is 0.00930. The second-order valence-electron chi connectivity index (χ2n) is 6.88. The summed E-state index contributed by atoms with van der Waals surface area (Å²) in [4.78, 5) is 26.4. The molecule has 2 amide bonds. The minimum Gasteiger partial charge on any atom is -0.312 e. The fourth-order valence-electron chi connectivity index (χ4n) is 2.61. The molecule has 1 aromatic carbocycles. The van der Waals surface area contributed by atoms with Crippen LogP contribution in [0.2, 0.25) is 0 Å². The molecule has 0 aliphatic carbocycles. The van der Waals surface area contributed by atoms with E-state index < -0.39 is 5.41 Å². The van der Waals surface area contributed by atoms with Crippen LogP contribution in [0.3, 0.4) is 0 Å². The van der Waals surface area contributed by atoms with E-state index in [1.165, 1.54) is 11.3 Å². The highest BCUT2D eigenvalue weighted by Gasteiger charge is 2.34. The van der Waals surface area contributed by atoms with Gasteiger partial charge in [0.15, 0.2) is 0 Å².